The molecule has 1 aromatic heterocycles. The Balaban J connectivity index is 2.00. The Morgan fingerprint density at radius 2 is 2.22 bits per heavy atom. The van der Waals surface area contributed by atoms with Crippen LogP contribution in [0.4, 0.5) is 5.00 Å². The number of anilines is 1. The Bertz CT molecular complexity index is 810. The average molecular weight is 395 g/mol. The lowest BCUT2D eigenvalue weighted by Crippen LogP contribution is -2.21. The van der Waals surface area contributed by atoms with E-state index in [1.165, 1.54) is 17.4 Å². The topological polar surface area (TPSA) is 99.4 Å². The van der Waals surface area contributed by atoms with Crippen LogP contribution in [-0.4, -0.2) is 23.6 Å². The monoisotopic (exact) mass is 394 g/mol. The van der Waals surface area contributed by atoms with Crippen molar-refractivity contribution in [1.82, 2.24) is 0 Å². The standard InChI is InChI=1S/C15H11BrN2O4S/c1-8-4-10(13(20)11(16)5-8)15(21)22-7-12(19)18-14-9(6-17)2-3-23-14/h2-5,20H,7H2,1H3,(H,18,19). The number of phenols is 1. The number of aromatic hydroxyl groups is 1. The first-order valence-corrected chi connectivity index (χ1v) is 8.03. The highest BCUT2D eigenvalue weighted by atomic mass is 79.9. The molecule has 6 nitrogen and oxygen atoms in total. The highest BCUT2D eigenvalue weighted by Crippen LogP contribution is 2.29. The second-order valence-corrected chi connectivity index (χ2v) is 6.31. The highest BCUT2D eigenvalue weighted by Gasteiger charge is 2.17. The number of benzene rings is 1. The predicted molar refractivity (Wildman–Crippen MR) is 88.5 cm³/mol. The predicted octanol–water partition coefficient (Wildman–Crippen LogP) is 3.19. The van der Waals surface area contributed by atoms with Gasteiger partial charge in [-0.15, -0.1) is 11.3 Å². The molecule has 0 saturated carbocycles. The highest BCUT2D eigenvalue weighted by molar-refractivity contribution is 9.10. The number of nitrogens with one attached hydrogen (secondary N) is 1. The molecule has 1 amide bonds. The average Bonchev–Trinajstić information content (AvgIpc) is 2.95. The summed E-state index contributed by atoms with van der Waals surface area (Å²) in [5.41, 5.74) is 1.07. The van der Waals surface area contributed by atoms with E-state index < -0.39 is 18.5 Å². The molecule has 8 heteroatoms. The first kappa shape index (κ1) is 17.0. The van der Waals surface area contributed by atoms with Gasteiger partial charge in [-0.05, 0) is 52.0 Å². The van der Waals surface area contributed by atoms with E-state index in [-0.39, 0.29) is 11.3 Å². The number of hydrogen-bond donors (Lipinski definition) is 2. The normalized spacial score (nSPS) is 9.96. The Labute approximate surface area is 144 Å². The molecule has 2 rings (SSSR count). The van der Waals surface area contributed by atoms with Crippen LogP contribution in [0.15, 0.2) is 28.1 Å². The molecular formula is C15H11BrN2O4S. The smallest absolute Gasteiger partial charge is 0.342 e. The van der Waals surface area contributed by atoms with E-state index in [0.29, 0.717) is 15.0 Å². The van der Waals surface area contributed by atoms with Crippen LogP contribution < -0.4 is 5.32 Å². The summed E-state index contributed by atoms with van der Waals surface area (Å²) in [7, 11) is 0. The molecule has 0 radical (unpaired) electrons. The van der Waals surface area contributed by atoms with Crippen molar-refractivity contribution in [3.05, 3.63) is 44.7 Å². The quantitative estimate of drug-likeness (QED) is 0.775. The SMILES string of the molecule is Cc1cc(Br)c(O)c(C(=O)OCC(=O)Nc2sccc2C#N)c1. The van der Waals surface area contributed by atoms with E-state index in [1.807, 2.05) is 6.07 Å². The summed E-state index contributed by atoms with van der Waals surface area (Å²) in [5.74, 6) is -1.62. The fraction of sp³-hybridized carbons (Fsp3) is 0.133. The third-order valence-corrected chi connectivity index (χ3v) is 4.23. The first-order valence-electron chi connectivity index (χ1n) is 6.36. The molecule has 0 aliphatic heterocycles. The van der Waals surface area contributed by atoms with E-state index in [9.17, 15) is 14.7 Å². The van der Waals surface area contributed by atoms with E-state index in [2.05, 4.69) is 21.2 Å². The van der Waals surface area contributed by atoms with Crippen molar-refractivity contribution >= 4 is 44.1 Å². The zero-order valence-corrected chi connectivity index (χ0v) is 14.3. The molecular weight excluding hydrogens is 384 g/mol. The molecule has 0 aliphatic carbocycles. The van der Waals surface area contributed by atoms with Crippen molar-refractivity contribution in [3.8, 4) is 11.8 Å². The van der Waals surface area contributed by atoms with Gasteiger partial charge >= 0.3 is 5.97 Å². The number of amides is 1. The van der Waals surface area contributed by atoms with Crippen LogP contribution >= 0.6 is 27.3 Å². The van der Waals surface area contributed by atoms with E-state index in [4.69, 9.17) is 10.00 Å². The number of ether oxygens (including phenoxy) is 1. The van der Waals surface area contributed by atoms with Crippen molar-refractivity contribution in [2.24, 2.45) is 0 Å². The molecule has 2 aromatic rings. The molecule has 0 unspecified atom stereocenters. The van der Waals surface area contributed by atoms with Crippen LogP contribution in [0.5, 0.6) is 5.75 Å². The van der Waals surface area contributed by atoms with Gasteiger partial charge in [-0.2, -0.15) is 5.26 Å². The number of phenolic OH excluding ortho intramolecular Hbond substituents is 1. The molecule has 118 valence electrons. The van der Waals surface area contributed by atoms with Gasteiger partial charge < -0.3 is 15.2 Å². The van der Waals surface area contributed by atoms with Crippen LogP contribution in [0.2, 0.25) is 0 Å². The number of carbonyl (C=O) groups excluding carboxylic acids is 2. The van der Waals surface area contributed by atoms with Crippen molar-refractivity contribution in [3.63, 3.8) is 0 Å². The minimum absolute atomic E-state index is 0.0292. The van der Waals surface area contributed by atoms with Crippen molar-refractivity contribution in [1.29, 1.82) is 5.26 Å². The second kappa shape index (κ2) is 7.26. The van der Waals surface area contributed by atoms with Gasteiger partial charge in [0.1, 0.15) is 22.4 Å². The zero-order valence-electron chi connectivity index (χ0n) is 11.9. The van der Waals surface area contributed by atoms with Crippen LogP contribution in [0.3, 0.4) is 0 Å². The van der Waals surface area contributed by atoms with Gasteiger partial charge in [0.25, 0.3) is 5.91 Å². The summed E-state index contributed by atoms with van der Waals surface area (Å²) in [6.07, 6.45) is 0. The largest absolute Gasteiger partial charge is 0.506 e. The lowest BCUT2D eigenvalue weighted by atomic mass is 10.1. The lowest BCUT2D eigenvalue weighted by molar-refractivity contribution is -0.119. The fourth-order valence-corrected chi connectivity index (χ4v) is 3.08. The minimum Gasteiger partial charge on any atom is -0.506 e. The molecule has 2 N–H and O–H groups in total. The number of thiophene rings is 1. The van der Waals surface area contributed by atoms with Gasteiger partial charge in [0, 0.05) is 0 Å². The third kappa shape index (κ3) is 4.09. The van der Waals surface area contributed by atoms with E-state index in [1.54, 1.807) is 24.4 Å². The number of nitrogens with zero attached hydrogens (tertiary/aromatic N) is 1. The van der Waals surface area contributed by atoms with Crippen LogP contribution in [0, 0.1) is 18.3 Å². The molecule has 1 aromatic carbocycles. The number of rotatable bonds is 4. The summed E-state index contributed by atoms with van der Waals surface area (Å²) in [6, 6.07) is 6.64. The number of esters is 1. The summed E-state index contributed by atoms with van der Waals surface area (Å²) in [6.45, 7) is 1.24. The maximum atomic E-state index is 12.0. The molecule has 0 saturated heterocycles. The van der Waals surface area contributed by atoms with Crippen LogP contribution in [-0.2, 0) is 9.53 Å². The van der Waals surface area contributed by atoms with Crippen molar-refractivity contribution < 1.29 is 19.4 Å². The Morgan fingerprint density at radius 1 is 1.48 bits per heavy atom. The summed E-state index contributed by atoms with van der Waals surface area (Å²) in [4.78, 5) is 23.7. The van der Waals surface area contributed by atoms with Crippen LogP contribution in [0.1, 0.15) is 21.5 Å². The summed E-state index contributed by atoms with van der Waals surface area (Å²) >= 11 is 4.33. The minimum atomic E-state index is -0.811. The van der Waals surface area contributed by atoms with Gasteiger partial charge in [-0.3, -0.25) is 4.79 Å². The van der Waals surface area contributed by atoms with Gasteiger partial charge in [0.15, 0.2) is 6.61 Å². The molecule has 0 aliphatic rings. The van der Waals surface area contributed by atoms with Crippen LogP contribution in [0.25, 0.3) is 0 Å². The maximum Gasteiger partial charge on any atom is 0.342 e. The number of aryl methyl sites for hydroxylation is 1. The summed E-state index contributed by atoms with van der Waals surface area (Å²) in [5, 5.41) is 23.3. The number of nitriles is 1. The zero-order chi connectivity index (χ0) is 17.0. The Kier molecular flexibility index (Phi) is 5.36. The third-order valence-electron chi connectivity index (χ3n) is 2.80. The first-order chi connectivity index (χ1) is 10.9. The fourth-order valence-electron chi connectivity index (χ4n) is 1.76. The molecule has 0 bridgehead atoms. The van der Waals surface area contributed by atoms with E-state index in [0.717, 1.165) is 5.56 Å². The Hall–Kier alpha value is -2.37. The van der Waals surface area contributed by atoms with Gasteiger partial charge in [0.05, 0.1) is 10.0 Å². The Morgan fingerprint density at radius 3 is 2.91 bits per heavy atom. The number of hydrogen-bond acceptors (Lipinski definition) is 6. The lowest BCUT2D eigenvalue weighted by Gasteiger charge is -2.08. The molecule has 23 heavy (non-hydrogen) atoms. The molecule has 1 heterocycles. The molecule has 0 spiro atoms. The van der Waals surface area contributed by atoms with Gasteiger partial charge in [-0.25, -0.2) is 4.79 Å². The van der Waals surface area contributed by atoms with Gasteiger partial charge in [-0.1, -0.05) is 0 Å². The second-order valence-electron chi connectivity index (χ2n) is 4.54. The molecule has 0 fully saturated rings. The number of halogens is 1. The van der Waals surface area contributed by atoms with E-state index >= 15 is 0 Å². The molecule has 0 atom stereocenters. The number of carbonyl (C=O) groups is 2. The maximum absolute atomic E-state index is 12.0. The van der Waals surface area contributed by atoms with Crippen molar-refractivity contribution in [2.45, 2.75) is 6.92 Å². The van der Waals surface area contributed by atoms with Crippen molar-refractivity contribution in [2.75, 3.05) is 11.9 Å². The summed E-state index contributed by atoms with van der Waals surface area (Å²) < 4.78 is 5.26. The van der Waals surface area contributed by atoms with Gasteiger partial charge in [0.2, 0.25) is 0 Å².